The number of Topliss-reactive ketones (excluding diaryl/α,β-unsaturated/α-hetero) is 1. The molecule has 0 unspecified atom stereocenters. The molecule has 4 aliphatic rings. The van der Waals surface area contributed by atoms with Gasteiger partial charge in [0.05, 0.1) is 24.4 Å². The van der Waals surface area contributed by atoms with Crippen LogP contribution in [0.4, 0.5) is 0 Å². The van der Waals surface area contributed by atoms with E-state index in [2.05, 4.69) is 109 Å². The zero-order chi connectivity index (χ0) is 46.2. The zero-order valence-electron chi connectivity index (χ0n) is 42.8. The van der Waals surface area contributed by atoms with Crippen molar-refractivity contribution in [2.45, 2.75) is 282 Å². The van der Waals surface area contributed by atoms with Gasteiger partial charge in [-0.2, -0.15) is 0 Å². The largest absolute Gasteiger partial charge is 0.417 e. The molecule has 61 heavy (non-hydrogen) atoms. The third-order valence-corrected chi connectivity index (χ3v) is 29.5. The molecule has 0 amide bonds. The van der Waals surface area contributed by atoms with Gasteiger partial charge in [-0.05, 0) is 139 Å². The summed E-state index contributed by atoms with van der Waals surface area (Å²) in [4.78, 5) is 12.9. The molecular weight excluding hydrogens is 821 g/mol. The van der Waals surface area contributed by atoms with Crippen LogP contribution in [0.1, 0.15) is 161 Å². The van der Waals surface area contributed by atoms with E-state index in [1.54, 1.807) is 14.0 Å². The molecule has 1 spiro atoms. The minimum atomic E-state index is -2.22. The molecule has 10 nitrogen and oxygen atoms in total. The first-order chi connectivity index (χ1) is 27.7. The van der Waals surface area contributed by atoms with E-state index in [4.69, 9.17) is 41.7 Å². The molecule has 0 radical (unpaired) electrons. The van der Waals surface area contributed by atoms with Crippen molar-refractivity contribution in [3.63, 3.8) is 0 Å². The first-order valence-electron chi connectivity index (χ1n) is 24.1. The summed E-state index contributed by atoms with van der Waals surface area (Å²) in [5, 5.41) is 0.287. The number of ketones is 1. The van der Waals surface area contributed by atoms with E-state index in [1.807, 2.05) is 13.8 Å². The van der Waals surface area contributed by atoms with E-state index in [0.29, 0.717) is 12.3 Å². The summed E-state index contributed by atoms with van der Waals surface area (Å²) in [5.74, 6) is -1.48. The van der Waals surface area contributed by atoms with Crippen molar-refractivity contribution in [2.75, 3.05) is 13.7 Å². The smallest absolute Gasteiger partial charge is 0.192 e. The van der Waals surface area contributed by atoms with Crippen molar-refractivity contribution in [3.05, 3.63) is 0 Å². The summed E-state index contributed by atoms with van der Waals surface area (Å²) in [6.45, 7) is 43.4. The number of methoxy groups -OCH3 is 1. The van der Waals surface area contributed by atoms with E-state index >= 15 is 0 Å². The van der Waals surface area contributed by atoms with Crippen LogP contribution in [0.5, 0.6) is 0 Å². The molecule has 0 bridgehead atoms. The lowest BCUT2D eigenvalue weighted by Crippen LogP contribution is -2.59. The summed E-state index contributed by atoms with van der Waals surface area (Å²) in [6.07, 6.45) is 7.90. The summed E-state index contributed by atoms with van der Waals surface area (Å²) >= 11 is 0. The van der Waals surface area contributed by atoms with Crippen molar-refractivity contribution >= 4 is 30.7 Å². The van der Waals surface area contributed by atoms with Crippen LogP contribution in [-0.4, -0.2) is 111 Å². The fraction of sp³-hybridized carbons (Fsp3) is 0.979. The van der Waals surface area contributed by atoms with Gasteiger partial charge in [-0.15, -0.1) is 0 Å². The molecule has 0 N–H and O–H groups in total. The molecular formula is C48H94O10Si3. The molecule has 4 saturated heterocycles. The molecule has 0 aromatic rings. The minimum Gasteiger partial charge on any atom is -0.417 e. The van der Waals surface area contributed by atoms with Gasteiger partial charge in [0.2, 0.25) is 0 Å². The third-order valence-electron chi connectivity index (χ3n) is 15.9. The standard InChI is InChI=1S/C48H94O10Si3/c1-33-24-27-48(28-25-39(50-14)42(56-48)43-41(34(2)49)54-47(12,13)55-43)53-40(33)32-38(58-61(19,20)46(9,10)11)31-37(57-60(17,18)45(6,7)8)30-36-23-21-22-35(52-36)26-29-51-59(15,16)44(3,4)5/h33,35-43H,21-32H2,1-20H3/t33-,35+,36-,37+,38-,39-,40+,41-,42-,43-,48-/m0/s1. The number of hydrogen-bond acceptors (Lipinski definition) is 10. The van der Waals surface area contributed by atoms with Crippen molar-refractivity contribution < 1.29 is 46.5 Å². The first kappa shape index (κ1) is 53.6. The number of rotatable bonds is 17. The SMILES string of the molecule is CO[C@H]1CC[C@]2(CC[C@H](C)[C@@H](C[C@H](C[C@@H](C[C@@H]3CCC[C@H](CCO[Si](C)(C)C(C)(C)C)O3)O[Si](C)(C)C(C)(C)C)O[Si](C)(C)C(C)(C)C)O2)O[C@@H]1[C@H]1OC(C)(C)O[C@H]1C(C)=O. The Hall–Kier alpha value is -0.0394. The molecule has 358 valence electrons. The van der Waals surface area contributed by atoms with Crippen LogP contribution in [-0.2, 0) is 46.5 Å². The van der Waals surface area contributed by atoms with Gasteiger partial charge in [-0.25, -0.2) is 0 Å². The first-order valence-corrected chi connectivity index (χ1v) is 32.8. The predicted octanol–water partition coefficient (Wildman–Crippen LogP) is 12.1. The van der Waals surface area contributed by atoms with Crippen LogP contribution in [0.25, 0.3) is 0 Å². The Balaban J connectivity index is 1.59. The lowest BCUT2D eigenvalue weighted by molar-refractivity contribution is -0.352. The maximum Gasteiger partial charge on any atom is 0.192 e. The van der Waals surface area contributed by atoms with Crippen LogP contribution < -0.4 is 0 Å². The highest BCUT2D eigenvalue weighted by atomic mass is 28.4. The van der Waals surface area contributed by atoms with Crippen LogP contribution in [0, 0.1) is 5.92 Å². The fourth-order valence-electron chi connectivity index (χ4n) is 8.87. The van der Waals surface area contributed by atoms with Crippen molar-refractivity contribution in [2.24, 2.45) is 5.92 Å². The molecule has 11 atom stereocenters. The van der Waals surface area contributed by atoms with Crippen molar-refractivity contribution in [3.8, 4) is 0 Å². The van der Waals surface area contributed by atoms with Gasteiger partial charge in [0.1, 0.15) is 18.3 Å². The van der Waals surface area contributed by atoms with E-state index in [-0.39, 0.29) is 57.5 Å². The Morgan fingerprint density at radius 1 is 0.705 bits per heavy atom. The second-order valence-electron chi connectivity index (χ2n) is 24.5. The molecule has 0 aliphatic carbocycles. The van der Waals surface area contributed by atoms with Gasteiger partial charge in [-0.3, -0.25) is 4.79 Å². The summed E-state index contributed by atoms with van der Waals surface area (Å²) in [7, 11) is -4.50. The van der Waals surface area contributed by atoms with E-state index in [0.717, 1.165) is 70.8 Å². The average molecular weight is 916 g/mol. The number of carbonyl (C=O) groups is 1. The van der Waals surface area contributed by atoms with E-state index < -0.39 is 54.8 Å². The molecule has 0 saturated carbocycles. The monoisotopic (exact) mass is 915 g/mol. The summed E-state index contributed by atoms with van der Waals surface area (Å²) in [5.41, 5.74) is 0. The van der Waals surface area contributed by atoms with Crippen LogP contribution in [0.3, 0.4) is 0 Å². The number of hydrogen-bond donors (Lipinski definition) is 0. The Labute approximate surface area is 377 Å². The van der Waals surface area contributed by atoms with Crippen LogP contribution in [0.15, 0.2) is 0 Å². The fourth-order valence-corrected chi connectivity index (χ4v) is 12.7. The van der Waals surface area contributed by atoms with E-state index in [1.165, 1.54) is 0 Å². The molecule has 4 rings (SSSR count). The number of ether oxygens (including phenoxy) is 6. The zero-order valence-corrected chi connectivity index (χ0v) is 45.8. The Morgan fingerprint density at radius 3 is 1.79 bits per heavy atom. The summed E-state index contributed by atoms with van der Waals surface area (Å²) < 4.78 is 61.4. The minimum absolute atomic E-state index is 0.0140. The van der Waals surface area contributed by atoms with Gasteiger partial charge in [-0.1, -0.05) is 69.2 Å². The normalized spacial score (nSPS) is 33.2. The highest BCUT2D eigenvalue weighted by Crippen LogP contribution is 2.48. The molecule has 4 heterocycles. The Kier molecular flexibility index (Phi) is 17.6. The lowest BCUT2D eigenvalue weighted by Gasteiger charge is -2.51. The van der Waals surface area contributed by atoms with Crippen LogP contribution in [0.2, 0.25) is 54.4 Å². The second-order valence-corrected chi connectivity index (χ2v) is 38.8. The quantitative estimate of drug-likeness (QED) is 0.131. The second kappa shape index (κ2) is 20.1. The van der Waals surface area contributed by atoms with Crippen molar-refractivity contribution in [1.82, 2.24) is 0 Å². The topological polar surface area (TPSA) is 100 Å². The number of carbonyl (C=O) groups excluding carboxylic acids is 1. The maximum absolute atomic E-state index is 12.9. The molecule has 4 aliphatic heterocycles. The highest BCUT2D eigenvalue weighted by Gasteiger charge is 2.56. The Morgan fingerprint density at radius 2 is 1.25 bits per heavy atom. The van der Waals surface area contributed by atoms with Gasteiger partial charge < -0.3 is 41.7 Å². The van der Waals surface area contributed by atoms with E-state index in [9.17, 15) is 4.79 Å². The van der Waals surface area contributed by atoms with Crippen molar-refractivity contribution in [1.29, 1.82) is 0 Å². The van der Waals surface area contributed by atoms with Gasteiger partial charge in [0, 0.05) is 38.8 Å². The molecule has 4 fully saturated rings. The molecule has 0 aromatic carbocycles. The Bertz CT molecular complexity index is 1420. The average Bonchev–Trinajstić information content (AvgIpc) is 3.43. The lowest BCUT2D eigenvalue weighted by atomic mass is 9.83. The molecule has 13 heteroatoms. The highest BCUT2D eigenvalue weighted by molar-refractivity contribution is 6.75. The predicted molar refractivity (Wildman–Crippen MR) is 254 cm³/mol. The summed E-state index contributed by atoms with van der Waals surface area (Å²) in [6, 6.07) is 0. The molecule has 0 aromatic heterocycles. The third kappa shape index (κ3) is 14.0. The van der Waals surface area contributed by atoms with Gasteiger partial charge >= 0.3 is 0 Å². The van der Waals surface area contributed by atoms with Gasteiger partial charge in [0.15, 0.2) is 42.3 Å². The van der Waals surface area contributed by atoms with Gasteiger partial charge in [0.25, 0.3) is 0 Å². The maximum atomic E-state index is 12.9. The van der Waals surface area contributed by atoms with Crippen LogP contribution >= 0.6 is 0 Å².